The lowest BCUT2D eigenvalue weighted by Crippen LogP contribution is -2.48. The van der Waals surface area contributed by atoms with Crippen molar-refractivity contribution in [1.82, 2.24) is 9.80 Å². The first kappa shape index (κ1) is 17.6. The van der Waals surface area contributed by atoms with Gasteiger partial charge >= 0.3 is 0 Å². The molecule has 0 aliphatic carbocycles. The van der Waals surface area contributed by atoms with Gasteiger partial charge in [0.2, 0.25) is 0 Å². The zero-order chi connectivity index (χ0) is 17.8. The van der Waals surface area contributed by atoms with E-state index in [-0.39, 0.29) is 11.6 Å². The van der Waals surface area contributed by atoms with E-state index < -0.39 is 4.92 Å². The lowest BCUT2D eigenvalue weighted by Gasteiger charge is -2.35. The molecule has 1 aliphatic heterocycles. The third-order valence-electron chi connectivity index (χ3n) is 4.32. The number of nitrogens with zero attached hydrogens (tertiary/aromatic N) is 3. The van der Waals surface area contributed by atoms with Crippen molar-refractivity contribution < 1.29 is 9.72 Å². The van der Waals surface area contributed by atoms with Crippen molar-refractivity contribution in [3.05, 3.63) is 74.2 Å². The second-order valence-electron chi connectivity index (χ2n) is 5.97. The Kier molecular flexibility index (Phi) is 5.45. The fourth-order valence-electron chi connectivity index (χ4n) is 2.91. The van der Waals surface area contributed by atoms with Crippen LogP contribution in [0.5, 0.6) is 0 Å². The van der Waals surface area contributed by atoms with Crippen molar-refractivity contribution in [2.75, 3.05) is 26.2 Å². The molecule has 1 amide bonds. The Morgan fingerprint density at radius 1 is 1.08 bits per heavy atom. The number of rotatable bonds is 4. The molecule has 6 nitrogen and oxygen atoms in total. The summed E-state index contributed by atoms with van der Waals surface area (Å²) in [5.41, 5.74) is 1.54. The predicted molar refractivity (Wildman–Crippen MR) is 98.4 cm³/mol. The van der Waals surface area contributed by atoms with Gasteiger partial charge in [-0.3, -0.25) is 19.8 Å². The van der Waals surface area contributed by atoms with E-state index in [0.29, 0.717) is 18.7 Å². The van der Waals surface area contributed by atoms with Crippen LogP contribution in [0.25, 0.3) is 0 Å². The van der Waals surface area contributed by atoms with Crippen molar-refractivity contribution in [3.63, 3.8) is 0 Å². The van der Waals surface area contributed by atoms with E-state index in [1.807, 2.05) is 18.2 Å². The maximum absolute atomic E-state index is 12.6. The fourth-order valence-corrected chi connectivity index (χ4v) is 3.32. The highest BCUT2D eigenvalue weighted by atomic mass is 79.9. The molecule has 1 aliphatic rings. The average Bonchev–Trinajstić information content (AvgIpc) is 2.64. The van der Waals surface area contributed by atoms with Crippen LogP contribution in [0.15, 0.2) is 53.0 Å². The molecule has 1 fully saturated rings. The average molecular weight is 404 g/mol. The molecule has 2 aromatic rings. The van der Waals surface area contributed by atoms with Gasteiger partial charge in [-0.15, -0.1) is 0 Å². The summed E-state index contributed by atoms with van der Waals surface area (Å²) in [6.07, 6.45) is 0. The highest BCUT2D eigenvalue weighted by Gasteiger charge is 2.23. The number of hydrogen-bond donors (Lipinski definition) is 0. The molecule has 130 valence electrons. The number of carbonyl (C=O) groups is 1. The number of benzene rings is 2. The third kappa shape index (κ3) is 4.24. The third-order valence-corrected chi connectivity index (χ3v) is 5.09. The molecule has 3 rings (SSSR count). The maximum Gasteiger partial charge on any atom is 0.270 e. The highest BCUT2D eigenvalue weighted by Crippen LogP contribution is 2.20. The zero-order valence-corrected chi connectivity index (χ0v) is 15.2. The predicted octanol–water partition coefficient (Wildman–Crippen LogP) is 3.32. The van der Waals surface area contributed by atoms with Gasteiger partial charge in [-0.2, -0.15) is 0 Å². The summed E-state index contributed by atoms with van der Waals surface area (Å²) in [4.78, 5) is 27.0. The number of carbonyl (C=O) groups excluding carboxylic acids is 1. The van der Waals surface area contributed by atoms with Crippen LogP contribution in [0.2, 0.25) is 0 Å². The fraction of sp³-hybridized carbons (Fsp3) is 0.278. The smallest absolute Gasteiger partial charge is 0.270 e. The Hall–Kier alpha value is -2.25. The molecule has 0 saturated carbocycles. The number of piperazine rings is 1. The van der Waals surface area contributed by atoms with Gasteiger partial charge in [0, 0.05) is 54.9 Å². The molecule has 0 atom stereocenters. The van der Waals surface area contributed by atoms with Crippen molar-refractivity contribution in [2.45, 2.75) is 6.54 Å². The van der Waals surface area contributed by atoms with Crippen LogP contribution >= 0.6 is 15.9 Å². The molecule has 0 unspecified atom stereocenters. The first-order valence-electron chi connectivity index (χ1n) is 8.04. The van der Waals surface area contributed by atoms with E-state index in [1.54, 1.807) is 17.0 Å². The van der Waals surface area contributed by atoms with Crippen molar-refractivity contribution in [3.8, 4) is 0 Å². The van der Waals surface area contributed by atoms with Crippen molar-refractivity contribution >= 4 is 27.5 Å². The molecule has 0 radical (unpaired) electrons. The lowest BCUT2D eigenvalue weighted by molar-refractivity contribution is -0.384. The minimum atomic E-state index is -0.480. The van der Waals surface area contributed by atoms with E-state index in [2.05, 4.69) is 26.9 Å². The molecule has 0 N–H and O–H groups in total. The number of halogens is 1. The first-order chi connectivity index (χ1) is 12.0. The van der Waals surface area contributed by atoms with Gasteiger partial charge in [0.1, 0.15) is 0 Å². The van der Waals surface area contributed by atoms with Crippen LogP contribution < -0.4 is 0 Å². The summed E-state index contributed by atoms with van der Waals surface area (Å²) in [6, 6.07) is 14.0. The van der Waals surface area contributed by atoms with E-state index in [0.717, 1.165) is 24.1 Å². The highest BCUT2D eigenvalue weighted by molar-refractivity contribution is 9.10. The zero-order valence-electron chi connectivity index (χ0n) is 13.6. The van der Waals surface area contributed by atoms with Gasteiger partial charge in [0.25, 0.3) is 11.6 Å². The Bertz CT molecular complexity index is 789. The molecule has 25 heavy (non-hydrogen) atoms. The summed E-state index contributed by atoms with van der Waals surface area (Å²) in [5, 5.41) is 10.9. The van der Waals surface area contributed by atoms with Crippen LogP contribution in [-0.4, -0.2) is 46.8 Å². The Morgan fingerprint density at radius 3 is 2.48 bits per heavy atom. The maximum atomic E-state index is 12.6. The van der Waals surface area contributed by atoms with Crippen LogP contribution in [0.3, 0.4) is 0 Å². The molecule has 0 spiro atoms. The van der Waals surface area contributed by atoms with Crippen molar-refractivity contribution in [1.29, 1.82) is 0 Å². The van der Waals surface area contributed by atoms with Gasteiger partial charge in [-0.25, -0.2) is 0 Å². The van der Waals surface area contributed by atoms with Gasteiger partial charge in [0.05, 0.1) is 4.92 Å². The quantitative estimate of drug-likeness (QED) is 0.579. The molecule has 0 aromatic heterocycles. The SMILES string of the molecule is O=C(c1cccc([N+](=O)[O-])c1)N1CCN(Cc2ccccc2Br)CC1. The van der Waals surface area contributed by atoms with Crippen molar-refractivity contribution in [2.24, 2.45) is 0 Å². The number of nitro benzene ring substituents is 1. The molecule has 1 saturated heterocycles. The van der Waals surface area contributed by atoms with E-state index in [1.165, 1.54) is 17.7 Å². The molecular formula is C18H18BrN3O3. The topological polar surface area (TPSA) is 66.7 Å². The summed E-state index contributed by atoms with van der Waals surface area (Å²) in [5.74, 6) is -0.149. The molecule has 1 heterocycles. The minimum absolute atomic E-state index is 0.0570. The Labute approximate surface area is 154 Å². The number of hydrogen-bond acceptors (Lipinski definition) is 4. The van der Waals surface area contributed by atoms with Gasteiger partial charge in [-0.1, -0.05) is 40.2 Å². The van der Waals surface area contributed by atoms with Gasteiger partial charge < -0.3 is 4.90 Å². The van der Waals surface area contributed by atoms with Crippen LogP contribution in [0.4, 0.5) is 5.69 Å². The molecule has 0 bridgehead atoms. The van der Waals surface area contributed by atoms with E-state index in [4.69, 9.17) is 0 Å². The Morgan fingerprint density at radius 2 is 1.80 bits per heavy atom. The molecule has 2 aromatic carbocycles. The lowest BCUT2D eigenvalue weighted by atomic mass is 10.1. The van der Waals surface area contributed by atoms with Gasteiger partial charge in [0.15, 0.2) is 0 Å². The monoisotopic (exact) mass is 403 g/mol. The summed E-state index contributed by atoms with van der Waals surface area (Å²) in [7, 11) is 0. The van der Waals surface area contributed by atoms with Crippen LogP contribution in [-0.2, 0) is 6.54 Å². The first-order valence-corrected chi connectivity index (χ1v) is 8.83. The number of non-ortho nitro benzene ring substituents is 1. The van der Waals surface area contributed by atoms with Crippen LogP contribution in [0.1, 0.15) is 15.9 Å². The molecule has 7 heteroatoms. The van der Waals surface area contributed by atoms with Crippen LogP contribution in [0, 0.1) is 10.1 Å². The summed E-state index contributed by atoms with van der Waals surface area (Å²) < 4.78 is 1.09. The number of amides is 1. The summed E-state index contributed by atoms with van der Waals surface area (Å²) >= 11 is 3.56. The second kappa shape index (κ2) is 7.76. The number of nitro groups is 1. The van der Waals surface area contributed by atoms with E-state index in [9.17, 15) is 14.9 Å². The normalized spacial score (nSPS) is 15.2. The Balaban J connectivity index is 1.60. The molecular weight excluding hydrogens is 386 g/mol. The van der Waals surface area contributed by atoms with E-state index >= 15 is 0 Å². The summed E-state index contributed by atoms with van der Waals surface area (Å²) in [6.45, 7) is 3.63. The van der Waals surface area contributed by atoms with Gasteiger partial charge in [-0.05, 0) is 17.7 Å². The standard InChI is InChI=1S/C18H18BrN3O3/c19-17-7-2-1-4-15(17)13-20-8-10-21(11-9-20)18(23)14-5-3-6-16(12-14)22(24)25/h1-7,12H,8-11,13H2. The largest absolute Gasteiger partial charge is 0.336 e. The second-order valence-corrected chi connectivity index (χ2v) is 6.82. The minimum Gasteiger partial charge on any atom is -0.336 e.